The predicted octanol–water partition coefficient (Wildman–Crippen LogP) is 2.52. The molecule has 0 fully saturated rings. The van der Waals surface area contributed by atoms with E-state index in [1.807, 2.05) is 14.1 Å². The van der Waals surface area contributed by atoms with E-state index in [0.29, 0.717) is 12.1 Å². The molecule has 0 atom stereocenters. The molecule has 0 bridgehead atoms. The van der Waals surface area contributed by atoms with Gasteiger partial charge >= 0.3 is 0 Å². The molecule has 1 N–H and O–H groups in total. The molecular formula is C12H18ClFN2. The summed E-state index contributed by atoms with van der Waals surface area (Å²) < 4.78 is 13.6. The highest BCUT2D eigenvalue weighted by Gasteiger charge is 2.08. The summed E-state index contributed by atoms with van der Waals surface area (Å²) in [6, 6.07) is 5.12. The molecule has 0 radical (unpaired) electrons. The van der Waals surface area contributed by atoms with Gasteiger partial charge in [-0.05, 0) is 39.7 Å². The molecule has 1 aromatic rings. The fourth-order valence-electron chi connectivity index (χ4n) is 1.57. The third-order valence-electron chi connectivity index (χ3n) is 2.44. The van der Waals surface area contributed by atoms with Gasteiger partial charge in [-0.2, -0.15) is 0 Å². The number of nitrogens with one attached hydrogen (secondary N) is 1. The predicted molar refractivity (Wildman–Crippen MR) is 66.3 cm³/mol. The van der Waals surface area contributed by atoms with Gasteiger partial charge in [-0.1, -0.05) is 23.7 Å². The van der Waals surface area contributed by atoms with E-state index in [-0.39, 0.29) is 10.8 Å². The highest BCUT2D eigenvalue weighted by Crippen LogP contribution is 2.18. The SMILES string of the molecule is CNCCCN(C)Cc1cccc(Cl)c1F. The summed E-state index contributed by atoms with van der Waals surface area (Å²) >= 11 is 5.72. The van der Waals surface area contributed by atoms with Crippen molar-refractivity contribution >= 4 is 11.6 Å². The van der Waals surface area contributed by atoms with E-state index < -0.39 is 0 Å². The molecule has 0 aromatic heterocycles. The van der Waals surface area contributed by atoms with E-state index >= 15 is 0 Å². The number of hydrogen-bond donors (Lipinski definition) is 1. The maximum atomic E-state index is 13.6. The van der Waals surface area contributed by atoms with Crippen molar-refractivity contribution in [1.29, 1.82) is 0 Å². The van der Waals surface area contributed by atoms with Crippen LogP contribution in [0.4, 0.5) is 4.39 Å². The van der Waals surface area contributed by atoms with Gasteiger partial charge in [0.15, 0.2) is 0 Å². The summed E-state index contributed by atoms with van der Waals surface area (Å²) in [5.41, 5.74) is 0.652. The van der Waals surface area contributed by atoms with E-state index in [1.54, 1.807) is 18.2 Å². The molecule has 0 aliphatic heterocycles. The summed E-state index contributed by atoms with van der Waals surface area (Å²) in [7, 11) is 3.91. The van der Waals surface area contributed by atoms with E-state index in [0.717, 1.165) is 19.5 Å². The Hall–Kier alpha value is -0.640. The topological polar surface area (TPSA) is 15.3 Å². The standard InChI is InChI=1S/C12H18ClFN2/c1-15-7-4-8-16(2)9-10-5-3-6-11(13)12(10)14/h3,5-6,15H,4,7-9H2,1-2H3. The lowest BCUT2D eigenvalue weighted by molar-refractivity contribution is 0.316. The van der Waals surface area contributed by atoms with Gasteiger partial charge in [-0.15, -0.1) is 0 Å². The molecule has 4 heteroatoms. The van der Waals surface area contributed by atoms with Gasteiger partial charge in [0.2, 0.25) is 0 Å². The van der Waals surface area contributed by atoms with Crippen molar-refractivity contribution in [2.45, 2.75) is 13.0 Å². The maximum Gasteiger partial charge on any atom is 0.146 e. The first-order chi connectivity index (χ1) is 7.65. The molecule has 0 saturated heterocycles. The molecule has 0 spiro atoms. The Labute approximate surface area is 101 Å². The van der Waals surface area contributed by atoms with Crippen LogP contribution in [0, 0.1) is 5.82 Å². The lowest BCUT2D eigenvalue weighted by Gasteiger charge is -2.17. The normalized spacial score (nSPS) is 11.1. The largest absolute Gasteiger partial charge is 0.320 e. The Balaban J connectivity index is 2.49. The van der Waals surface area contributed by atoms with Crippen molar-refractivity contribution in [3.63, 3.8) is 0 Å². The number of nitrogens with zero attached hydrogens (tertiary/aromatic N) is 1. The Bertz CT molecular complexity index is 331. The van der Waals surface area contributed by atoms with Crippen molar-refractivity contribution in [2.24, 2.45) is 0 Å². The molecule has 16 heavy (non-hydrogen) atoms. The molecule has 0 aliphatic carbocycles. The van der Waals surface area contributed by atoms with Crippen LogP contribution in [0.25, 0.3) is 0 Å². The number of halogens is 2. The molecule has 1 aromatic carbocycles. The minimum atomic E-state index is -0.301. The van der Waals surface area contributed by atoms with Crippen molar-refractivity contribution in [1.82, 2.24) is 10.2 Å². The Morgan fingerprint density at radius 2 is 2.19 bits per heavy atom. The van der Waals surface area contributed by atoms with E-state index in [9.17, 15) is 4.39 Å². The van der Waals surface area contributed by atoms with Gasteiger partial charge in [0.05, 0.1) is 5.02 Å². The van der Waals surface area contributed by atoms with Crippen LogP contribution >= 0.6 is 11.6 Å². The van der Waals surface area contributed by atoms with Crippen LogP contribution in [0.1, 0.15) is 12.0 Å². The van der Waals surface area contributed by atoms with Gasteiger partial charge < -0.3 is 10.2 Å². The Kier molecular flexibility index (Phi) is 5.74. The second kappa shape index (κ2) is 6.84. The van der Waals surface area contributed by atoms with Gasteiger partial charge in [0.1, 0.15) is 5.82 Å². The number of benzene rings is 1. The molecule has 1 rings (SSSR count). The highest BCUT2D eigenvalue weighted by molar-refractivity contribution is 6.30. The van der Waals surface area contributed by atoms with Crippen molar-refractivity contribution in [3.8, 4) is 0 Å². The van der Waals surface area contributed by atoms with Crippen LogP contribution in [-0.2, 0) is 6.54 Å². The summed E-state index contributed by atoms with van der Waals surface area (Å²) in [4.78, 5) is 2.09. The average Bonchev–Trinajstić information content (AvgIpc) is 2.25. The average molecular weight is 245 g/mol. The van der Waals surface area contributed by atoms with Crippen LogP contribution in [0.15, 0.2) is 18.2 Å². The van der Waals surface area contributed by atoms with Crippen LogP contribution in [0.3, 0.4) is 0 Å². The molecular weight excluding hydrogens is 227 g/mol. The van der Waals surface area contributed by atoms with Crippen LogP contribution in [-0.4, -0.2) is 32.1 Å². The summed E-state index contributed by atoms with van der Waals surface area (Å²) in [5, 5.41) is 3.28. The van der Waals surface area contributed by atoms with Crippen LogP contribution in [0.5, 0.6) is 0 Å². The van der Waals surface area contributed by atoms with E-state index in [1.165, 1.54) is 0 Å². The van der Waals surface area contributed by atoms with Crippen molar-refractivity contribution in [3.05, 3.63) is 34.6 Å². The smallest absolute Gasteiger partial charge is 0.146 e. The zero-order valence-electron chi connectivity index (χ0n) is 9.76. The molecule has 90 valence electrons. The maximum absolute atomic E-state index is 13.6. The second-order valence-electron chi connectivity index (χ2n) is 3.91. The first-order valence-electron chi connectivity index (χ1n) is 5.41. The summed E-state index contributed by atoms with van der Waals surface area (Å²) in [6.07, 6.45) is 1.05. The highest BCUT2D eigenvalue weighted by atomic mass is 35.5. The monoisotopic (exact) mass is 244 g/mol. The first-order valence-corrected chi connectivity index (χ1v) is 5.79. The van der Waals surface area contributed by atoms with E-state index in [4.69, 9.17) is 11.6 Å². The van der Waals surface area contributed by atoms with Crippen LogP contribution < -0.4 is 5.32 Å². The minimum absolute atomic E-state index is 0.195. The molecule has 0 heterocycles. The molecule has 0 saturated carbocycles. The third kappa shape index (κ3) is 4.08. The second-order valence-corrected chi connectivity index (χ2v) is 4.32. The van der Waals surface area contributed by atoms with Crippen LogP contribution in [0.2, 0.25) is 5.02 Å². The van der Waals surface area contributed by atoms with E-state index in [2.05, 4.69) is 10.2 Å². The molecule has 0 amide bonds. The Morgan fingerprint density at radius 1 is 1.44 bits per heavy atom. The van der Waals surface area contributed by atoms with Gasteiger partial charge in [0, 0.05) is 12.1 Å². The minimum Gasteiger partial charge on any atom is -0.320 e. The van der Waals surface area contributed by atoms with Gasteiger partial charge in [-0.3, -0.25) is 0 Å². The zero-order chi connectivity index (χ0) is 12.0. The Morgan fingerprint density at radius 3 is 2.88 bits per heavy atom. The third-order valence-corrected chi connectivity index (χ3v) is 2.73. The quantitative estimate of drug-likeness (QED) is 0.774. The summed E-state index contributed by atoms with van der Waals surface area (Å²) in [6.45, 7) is 2.51. The van der Waals surface area contributed by atoms with Gasteiger partial charge in [0.25, 0.3) is 0 Å². The van der Waals surface area contributed by atoms with Crippen molar-refractivity contribution in [2.75, 3.05) is 27.2 Å². The molecule has 0 unspecified atom stereocenters. The molecule has 0 aliphatic rings. The lowest BCUT2D eigenvalue weighted by Crippen LogP contribution is -2.22. The lowest BCUT2D eigenvalue weighted by atomic mass is 10.2. The fourth-order valence-corrected chi connectivity index (χ4v) is 1.76. The first kappa shape index (κ1) is 13.4. The number of hydrogen-bond acceptors (Lipinski definition) is 2. The fraction of sp³-hybridized carbons (Fsp3) is 0.500. The number of rotatable bonds is 6. The van der Waals surface area contributed by atoms with Crippen molar-refractivity contribution < 1.29 is 4.39 Å². The molecule has 2 nitrogen and oxygen atoms in total. The zero-order valence-corrected chi connectivity index (χ0v) is 10.5. The van der Waals surface area contributed by atoms with Gasteiger partial charge in [-0.25, -0.2) is 4.39 Å². The summed E-state index contributed by atoms with van der Waals surface area (Å²) in [5.74, 6) is -0.301.